The molecule has 8 bridgehead atoms. The number of para-hydroxylation sites is 1. The van der Waals surface area contributed by atoms with Crippen LogP contribution >= 0.6 is 0 Å². The van der Waals surface area contributed by atoms with E-state index in [1.165, 1.54) is 12.1 Å². The third-order valence-corrected chi connectivity index (χ3v) is 4.93. The molecular weight excluding hydrogens is 505 g/mol. The molecular formula is C26H18ClMnN5O2. The maximum absolute atomic E-state index is 9.98. The minimum absolute atomic E-state index is 0. The summed E-state index contributed by atoms with van der Waals surface area (Å²) in [4.78, 5) is 25.5. The van der Waals surface area contributed by atoms with Crippen molar-refractivity contribution >= 4 is 52.1 Å². The fraction of sp³-hybridized carbons (Fsp3) is 0. The van der Waals surface area contributed by atoms with Crippen LogP contribution in [0.3, 0.4) is 0 Å². The Morgan fingerprint density at radius 1 is 0.686 bits per heavy atom. The Labute approximate surface area is 217 Å². The summed E-state index contributed by atoms with van der Waals surface area (Å²) in [5.41, 5.74) is 7.87. The average molecular weight is 523 g/mol. The smallest absolute Gasteiger partial charge is 1.00 e. The minimum Gasteiger partial charge on any atom is -1.00 e. The second-order valence-electron chi connectivity index (χ2n) is 7.41. The molecule has 0 atom stereocenters. The Morgan fingerprint density at radius 2 is 1.14 bits per heavy atom. The van der Waals surface area contributed by atoms with Gasteiger partial charge in [0.1, 0.15) is 0 Å². The molecule has 0 spiro atoms. The van der Waals surface area contributed by atoms with Gasteiger partial charge in [-0.2, -0.15) is 18.2 Å². The standard InChI is InChI=1S/C20H14N4.C6H4NO2.ClH.Mn/c1-2-14-10-16-5-6-18(23-16)12-20-8-7-19(24-20)11-17-4-3-15(22-17)9-13(1)21-14;8-7(9)6-4-2-1-3-5-6;;/h1-12,21-22H;1-4H;1H;/q;-1;;+2/p-1. The van der Waals surface area contributed by atoms with Crippen LogP contribution in [0.2, 0.25) is 0 Å². The van der Waals surface area contributed by atoms with E-state index in [-0.39, 0.29) is 35.2 Å². The SMILES string of the molecule is C1=Cc2cc3ccc(cc4ccc(cc5nc(cc1n2)C=C5)[nH]4)[nH]3.O=[N+]([O-])c1[c-]cccc1.[Cl-].[Mn+2]. The number of H-pyrrole nitrogens is 2. The molecule has 1 aromatic carbocycles. The Morgan fingerprint density at radius 3 is 1.54 bits per heavy atom. The van der Waals surface area contributed by atoms with Gasteiger partial charge in [-0.15, -0.1) is 6.07 Å². The van der Waals surface area contributed by atoms with E-state index in [1.54, 1.807) is 12.1 Å². The summed E-state index contributed by atoms with van der Waals surface area (Å²) in [5, 5.41) is 9.98. The van der Waals surface area contributed by atoms with Gasteiger partial charge in [0, 0.05) is 27.0 Å². The van der Waals surface area contributed by atoms with Crippen LogP contribution in [0.4, 0.5) is 5.69 Å². The molecule has 9 heteroatoms. The van der Waals surface area contributed by atoms with Crippen molar-refractivity contribution in [2.45, 2.75) is 0 Å². The molecule has 5 heterocycles. The van der Waals surface area contributed by atoms with Crippen molar-refractivity contribution in [2.24, 2.45) is 0 Å². The maximum Gasteiger partial charge on any atom is 2.00 e. The Bertz CT molecular complexity index is 1470. The summed E-state index contributed by atoms with van der Waals surface area (Å²) in [6.07, 6.45) is 8.05. The zero-order chi connectivity index (χ0) is 22.6. The average Bonchev–Trinajstić information content (AvgIpc) is 3.61. The number of halogens is 1. The van der Waals surface area contributed by atoms with Crippen LogP contribution < -0.4 is 12.4 Å². The van der Waals surface area contributed by atoms with Gasteiger partial charge in [-0.3, -0.25) is 10.1 Å². The zero-order valence-electron chi connectivity index (χ0n) is 18.2. The van der Waals surface area contributed by atoms with Crippen LogP contribution in [-0.4, -0.2) is 24.9 Å². The molecule has 2 aliphatic rings. The summed E-state index contributed by atoms with van der Waals surface area (Å²) in [6.45, 7) is 0. The predicted molar refractivity (Wildman–Crippen MR) is 131 cm³/mol. The van der Waals surface area contributed by atoms with E-state index in [2.05, 4.69) is 56.3 Å². The second kappa shape index (κ2) is 11.4. The van der Waals surface area contributed by atoms with Gasteiger partial charge in [-0.25, -0.2) is 9.97 Å². The zero-order valence-corrected chi connectivity index (χ0v) is 20.1. The molecule has 0 aliphatic carbocycles. The van der Waals surface area contributed by atoms with Crippen molar-refractivity contribution in [3.63, 3.8) is 0 Å². The van der Waals surface area contributed by atoms with E-state index in [9.17, 15) is 10.1 Å². The van der Waals surface area contributed by atoms with Crippen molar-refractivity contribution < 1.29 is 34.4 Å². The number of hydrogen-bond donors (Lipinski definition) is 2. The van der Waals surface area contributed by atoms with Gasteiger partial charge in [0.05, 0.1) is 22.8 Å². The normalized spacial score (nSPS) is 11.0. The summed E-state index contributed by atoms with van der Waals surface area (Å²) in [7, 11) is 0. The second-order valence-corrected chi connectivity index (χ2v) is 7.41. The van der Waals surface area contributed by atoms with E-state index in [0.29, 0.717) is 0 Å². The molecule has 3 aromatic heterocycles. The number of rotatable bonds is 1. The van der Waals surface area contributed by atoms with Crippen LogP contribution in [0.5, 0.6) is 0 Å². The van der Waals surface area contributed by atoms with Crippen LogP contribution in [0.15, 0.2) is 72.8 Å². The first-order valence-corrected chi connectivity index (χ1v) is 10.3. The first kappa shape index (κ1) is 25.6. The first-order chi connectivity index (χ1) is 16.1. The van der Waals surface area contributed by atoms with E-state index < -0.39 is 4.92 Å². The van der Waals surface area contributed by atoms with Crippen molar-refractivity contribution in [1.82, 2.24) is 19.9 Å². The van der Waals surface area contributed by atoms with Crippen molar-refractivity contribution in [2.75, 3.05) is 0 Å². The number of non-ortho nitro benzene ring substituents is 1. The topological polar surface area (TPSA) is 101 Å². The molecule has 0 amide bonds. The van der Waals surface area contributed by atoms with Crippen LogP contribution in [0.1, 0.15) is 22.8 Å². The Kier molecular flexibility index (Phi) is 8.38. The van der Waals surface area contributed by atoms with Gasteiger partial charge in [0.25, 0.3) is 0 Å². The van der Waals surface area contributed by atoms with Gasteiger partial charge >= 0.3 is 17.1 Å². The summed E-state index contributed by atoms with van der Waals surface area (Å²) in [6, 6.07) is 25.1. The number of hydrogen-bond acceptors (Lipinski definition) is 4. The quantitative estimate of drug-likeness (QED) is 0.150. The largest absolute Gasteiger partial charge is 2.00 e. The van der Waals surface area contributed by atoms with Gasteiger partial charge in [0.2, 0.25) is 0 Å². The van der Waals surface area contributed by atoms with E-state index >= 15 is 0 Å². The molecule has 4 aromatic rings. The number of nitrogens with zero attached hydrogens (tertiary/aromatic N) is 3. The fourth-order valence-electron chi connectivity index (χ4n) is 3.44. The Hall–Kier alpha value is -3.97. The maximum atomic E-state index is 9.98. The van der Waals surface area contributed by atoms with E-state index in [4.69, 9.17) is 0 Å². The van der Waals surface area contributed by atoms with Crippen LogP contribution in [0.25, 0.3) is 46.4 Å². The number of nitro benzene ring substituents is 1. The molecule has 6 rings (SSSR count). The molecule has 0 unspecified atom stereocenters. The number of aromatic nitrogens is 4. The fourth-order valence-corrected chi connectivity index (χ4v) is 3.44. The first-order valence-electron chi connectivity index (χ1n) is 10.3. The minimum atomic E-state index is -0.472. The third kappa shape index (κ3) is 6.55. The summed E-state index contributed by atoms with van der Waals surface area (Å²) >= 11 is 0. The van der Waals surface area contributed by atoms with E-state index in [0.717, 1.165) is 44.8 Å². The number of nitro groups is 1. The molecule has 1 radical (unpaired) electrons. The van der Waals surface area contributed by atoms with Crippen LogP contribution in [-0.2, 0) is 17.1 Å². The molecule has 35 heavy (non-hydrogen) atoms. The molecule has 7 nitrogen and oxygen atoms in total. The van der Waals surface area contributed by atoms with Gasteiger partial charge < -0.3 is 22.4 Å². The van der Waals surface area contributed by atoms with Gasteiger partial charge in [-0.05, 0) is 72.8 Å². The number of fused-ring (bicyclic) bond motifs is 8. The molecule has 0 fully saturated rings. The molecule has 2 aliphatic heterocycles. The number of benzene rings is 1. The molecule has 0 saturated heterocycles. The van der Waals surface area contributed by atoms with Gasteiger partial charge in [-0.1, -0.05) is 6.07 Å². The third-order valence-electron chi connectivity index (χ3n) is 4.93. The summed E-state index contributed by atoms with van der Waals surface area (Å²) < 4.78 is 0. The Balaban J connectivity index is 0.000000267. The number of nitrogens with one attached hydrogen (secondary N) is 2. The predicted octanol–water partition coefficient (Wildman–Crippen LogP) is 3.05. The monoisotopic (exact) mass is 522 g/mol. The molecule has 173 valence electrons. The van der Waals surface area contributed by atoms with Crippen LogP contribution in [0, 0.1) is 16.2 Å². The number of aromatic amines is 2. The van der Waals surface area contributed by atoms with Crippen molar-refractivity contribution in [1.29, 1.82) is 0 Å². The molecule has 2 N–H and O–H groups in total. The summed E-state index contributed by atoms with van der Waals surface area (Å²) in [5.74, 6) is 0. The van der Waals surface area contributed by atoms with Crippen molar-refractivity contribution in [3.8, 4) is 0 Å². The molecule has 0 saturated carbocycles. The van der Waals surface area contributed by atoms with E-state index in [1.807, 2.05) is 42.5 Å². The van der Waals surface area contributed by atoms with Gasteiger partial charge in [0.15, 0.2) is 5.69 Å². The van der Waals surface area contributed by atoms with Crippen molar-refractivity contribution in [3.05, 3.63) is 112 Å².